The Morgan fingerprint density at radius 3 is 2.38 bits per heavy atom. The normalized spacial score (nSPS) is 11.1. The molecule has 0 aliphatic heterocycles. The van der Waals surface area contributed by atoms with Crippen LogP contribution >= 0.6 is 0 Å². The lowest BCUT2D eigenvalue weighted by Gasteiger charge is -2.12. The van der Waals surface area contributed by atoms with Crippen LogP contribution in [-0.4, -0.2) is 32.4 Å². The molecule has 0 aliphatic carbocycles. The monoisotopic (exact) mass is 306 g/mol. The summed E-state index contributed by atoms with van der Waals surface area (Å²) in [6, 6.07) is 13.4. The topological polar surface area (TPSA) is 80.7 Å². The van der Waals surface area contributed by atoms with Crippen molar-refractivity contribution in [1.82, 2.24) is 0 Å². The summed E-state index contributed by atoms with van der Waals surface area (Å²) in [6.07, 6.45) is 1.12. The molecule has 0 aromatic heterocycles. The van der Waals surface area contributed by atoms with Crippen molar-refractivity contribution >= 4 is 15.8 Å². The Balaban J connectivity index is 2.53. The summed E-state index contributed by atoms with van der Waals surface area (Å²) in [7, 11) is -3.35. The van der Waals surface area contributed by atoms with Crippen LogP contribution in [0, 0.1) is 0 Å². The Bertz CT molecular complexity index is 751. The van der Waals surface area contributed by atoms with Crippen LogP contribution in [0.15, 0.2) is 53.4 Å². The number of carboxylic acids is 1. The highest BCUT2D eigenvalue weighted by Gasteiger charge is 2.14. The molecule has 0 unspecified atom stereocenters. The number of hydrogen-bond acceptors (Lipinski definition) is 4. The van der Waals surface area contributed by atoms with Crippen LogP contribution in [-0.2, 0) is 14.6 Å². The SMILES string of the molecule is CS(=O)(=O)c1ccc(OCC(=O)O)c(-c2ccccc2)c1. The number of rotatable bonds is 5. The molecule has 2 rings (SSSR count). The third-order valence-corrected chi connectivity index (χ3v) is 3.93. The van der Waals surface area contributed by atoms with Gasteiger partial charge in [-0.05, 0) is 23.8 Å². The Labute approximate surface area is 122 Å². The van der Waals surface area contributed by atoms with E-state index in [1.807, 2.05) is 18.2 Å². The zero-order chi connectivity index (χ0) is 15.5. The average Bonchev–Trinajstić information content (AvgIpc) is 2.45. The van der Waals surface area contributed by atoms with Gasteiger partial charge in [-0.2, -0.15) is 0 Å². The van der Waals surface area contributed by atoms with Crippen molar-refractivity contribution in [1.29, 1.82) is 0 Å². The number of aliphatic carboxylic acids is 1. The molecule has 1 N–H and O–H groups in total. The molecule has 0 saturated carbocycles. The fourth-order valence-corrected chi connectivity index (χ4v) is 2.50. The fraction of sp³-hybridized carbons (Fsp3) is 0.133. The standard InChI is InChI=1S/C15H14O5S/c1-21(18,19)12-7-8-14(20-10-15(16)17)13(9-12)11-5-3-2-4-6-11/h2-9H,10H2,1H3,(H,16,17). The van der Waals surface area contributed by atoms with Crippen LogP contribution < -0.4 is 4.74 Å². The predicted molar refractivity (Wildman–Crippen MR) is 78.1 cm³/mol. The Morgan fingerprint density at radius 1 is 1.14 bits per heavy atom. The van der Waals surface area contributed by atoms with Crippen LogP contribution in [0.1, 0.15) is 0 Å². The van der Waals surface area contributed by atoms with Crippen molar-refractivity contribution in [3.8, 4) is 16.9 Å². The van der Waals surface area contributed by atoms with E-state index in [1.165, 1.54) is 18.2 Å². The second-order valence-electron chi connectivity index (χ2n) is 4.48. The third-order valence-electron chi connectivity index (χ3n) is 2.82. The summed E-state index contributed by atoms with van der Waals surface area (Å²) in [5, 5.41) is 8.70. The Hall–Kier alpha value is -2.34. The molecule has 0 amide bonds. The fourth-order valence-electron chi connectivity index (χ4n) is 1.85. The molecule has 0 aliphatic rings. The van der Waals surface area contributed by atoms with E-state index in [2.05, 4.69) is 0 Å². The summed E-state index contributed by atoms with van der Waals surface area (Å²) in [5.74, 6) is -0.766. The quantitative estimate of drug-likeness (QED) is 0.916. The smallest absolute Gasteiger partial charge is 0.341 e. The lowest BCUT2D eigenvalue weighted by molar-refractivity contribution is -0.139. The van der Waals surface area contributed by atoms with Gasteiger partial charge in [0, 0.05) is 11.8 Å². The highest BCUT2D eigenvalue weighted by Crippen LogP contribution is 2.32. The minimum atomic E-state index is -3.35. The summed E-state index contributed by atoms with van der Waals surface area (Å²) < 4.78 is 28.5. The van der Waals surface area contributed by atoms with Gasteiger partial charge in [0.2, 0.25) is 0 Å². The molecule has 0 heterocycles. The van der Waals surface area contributed by atoms with Gasteiger partial charge < -0.3 is 9.84 Å². The summed E-state index contributed by atoms with van der Waals surface area (Å²) in [5.41, 5.74) is 1.29. The lowest BCUT2D eigenvalue weighted by Crippen LogP contribution is -2.10. The highest BCUT2D eigenvalue weighted by molar-refractivity contribution is 7.90. The number of hydrogen-bond donors (Lipinski definition) is 1. The number of carbonyl (C=O) groups is 1. The average molecular weight is 306 g/mol. The Kier molecular flexibility index (Phi) is 4.28. The second kappa shape index (κ2) is 5.97. The van der Waals surface area contributed by atoms with Crippen LogP contribution in [0.25, 0.3) is 11.1 Å². The largest absolute Gasteiger partial charge is 0.481 e. The van der Waals surface area contributed by atoms with E-state index >= 15 is 0 Å². The first kappa shape index (κ1) is 15.1. The van der Waals surface area contributed by atoms with Gasteiger partial charge in [0.25, 0.3) is 0 Å². The van der Waals surface area contributed by atoms with Crippen molar-refractivity contribution in [2.75, 3.05) is 12.9 Å². The van der Waals surface area contributed by atoms with E-state index in [0.717, 1.165) is 11.8 Å². The van der Waals surface area contributed by atoms with Gasteiger partial charge in [-0.25, -0.2) is 13.2 Å². The highest BCUT2D eigenvalue weighted by atomic mass is 32.2. The van der Waals surface area contributed by atoms with Crippen molar-refractivity contribution in [3.05, 3.63) is 48.5 Å². The first-order chi connectivity index (χ1) is 9.88. The second-order valence-corrected chi connectivity index (χ2v) is 6.49. The number of benzene rings is 2. The molecular weight excluding hydrogens is 292 g/mol. The summed E-state index contributed by atoms with van der Waals surface area (Å²) >= 11 is 0. The molecule has 110 valence electrons. The van der Waals surface area contributed by atoms with E-state index in [9.17, 15) is 13.2 Å². The van der Waals surface area contributed by atoms with Crippen LogP contribution in [0.5, 0.6) is 5.75 Å². The predicted octanol–water partition coefficient (Wildman–Crippen LogP) is 2.22. The van der Waals surface area contributed by atoms with Gasteiger partial charge in [-0.3, -0.25) is 0 Å². The molecule has 0 radical (unpaired) electrons. The minimum absolute atomic E-state index is 0.157. The molecule has 0 fully saturated rings. The molecule has 2 aromatic carbocycles. The minimum Gasteiger partial charge on any atom is -0.481 e. The van der Waals surface area contributed by atoms with Crippen molar-refractivity contribution < 1.29 is 23.1 Å². The van der Waals surface area contributed by atoms with Crippen molar-refractivity contribution in [2.45, 2.75) is 4.90 Å². The summed E-state index contributed by atoms with van der Waals surface area (Å²) in [6.45, 7) is -0.488. The van der Waals surface area contributed by atoms with Gasteiger partial charge in [-0.1, -0.05) is 30.3 Å². The van der Waals surface area contributed by atoms with Crippen molar-refractivity contribution in [2.24, 2.45) is 0 Å². The van der Waals surface area contributed by atoms with Gasteiger partial charge in [0.15, 0.2) is 16.4 Å². The number of carboxylic acid groups (broad SMARTS) is 1. The molecular formula is C15H14O5S. The molecule has 2 aromatic rings. The van der Waals surface area contributed by atoms with Gasteiger partial charge in [0.05, 0.1) is 4.90 Å². The maximum absolute atomic E-state index is 11.7. The zero-order valence-electron chi connectivity index (χ0n) is 11.3. The third kappa shape index (κ3) is 3.82. The molecule has 21 heavy (non-hydrogen) atoms. The molecule has 0 atom stereocenters. The van der Waals surface area contributed by atoms with E-state index in [-0.39, 0.29) is 4.90 Å². The maximum Gasteiger partial charge on any atom is 0.341 e. The van der Waals surface area contributed by atoms with E-state index < -0.39 is 22.4 Å². The maximum atomic E-state index is 11.7. The van der Waals surface area contributed by atoms with Crippen LogP contribution in [0.2, 0.25) is 0 Å². The van der Waals surface area contributed by atoms with Gasteiger partial charge in [0.1, 0.15) is 5.75 Å². The molecule has 0 saturated heterocycles. The molecule has 0 spiro atoms. The van der Waals surface area contributed by atoms with Crippen LogP contribution in [0.4, 0.5) is 0 Å². The zero-order valence-corrected chi connectivity index (χ0v) is 12.1. The lowest BCUT2D eigenvalue weighted by atomic mass is 10.0. The molecule has 0 bridgehead atoms. The molecule has 5 nitrogen and oxygen atoms in total. The van der Waals surface area contributed by atoms with E-state index in [4.69, 9.17) is 9.84 Å². The summed E-state index contributed by atoms with van der Waals surface area (Å²) in [4.78, 5) is 10.8. The van der Waals surface area contributed by atoms with Crippen molar-refractivity contribution in [3.63, 3.8) is 0 Å². The number of sulfone groups is 1. The van der Waals surface area contributed by atoms with Gasteiger partial charge in [-0.15, -0.1) is 0 Å². The first-order valence-corrected chi connectivity index (χ1v) is 8.01. The Morgan fingerprint density at radius 2 is 1.81 bits per heavy atom. The van der Waals surface area contributed by atoms with Gasteiger partial charge >= 0.3 is 5.97 Å². The first-order valence-electron chi connectivity index (χ1n) is 6.12. The molecule has 6 heteroatoms. The van der Waals surface area contributed by atoms with Crippen LogP contribution in [0.3, 0.4) is 0 Å². The number of ether oxygens (including phenoxy) is 1. The van der Waals surface area contributed by atoms with E-state index in [0.29, 0.717) is 11.3 Å². The van der Waals surface area contributed by atoms with E-state index in [1.54, 1.807) is 12.1 Å².